The predicted octanol–water partition coefficient (Wildman–Crippen LogP) is 0.697. The van der Waals surface area contributed by atoms with Crippen molar-refractivity contribution in [3.05, 3.63) is 17.7 Å². The third-order valence-corrected chi connectivity index (χ3v) is 7.27. The Bertz CT molecular complexity index is 688. The summed E-state index contributed by atoms with van der Waals surface area (Å²) in [7, 11) is -3.26. The summed E-state index contributed by atoms with van der Waals surface area (Å²) in [4.78, 5) is 10.3. The average Bonchev–Trinajstić information content (AvgIpc) is 3.05. The summed E-state index contributed by atoms with van der Waals surface area (Å²) in [5, 5.41) is 0. The second-order valence-corrected chi connectivity index (χ2v) is 9.13. The molecule has 24 heavy (non-hydrogen) atoms. The third kappa shape index (κ3) is 2.69. The van der Waals surface area contributed by atoms with Crippen molar-refractivity contribution in [1.29, 1.82) is 0 Å². The van der Waals surface area contributed by atoms with Gasteiger partial charge in [0.2, 0.25) is 10.0 Å². The number of H-pyrrole nitrogens is 1. The fourth-order valence-electron chi connectivity index (χ4n) is 4.74. The molecule has 2 saturated heterocycles. The zero-order chi connectivity index (χ0) is 16.8. The first-order valence-electron chi connectivity index (χ1n) is 8.83. The van der Waals surface area contributed by atoms with Gasteiger partial charge in [0.15, 0.2) is 0 Å². The summed E-state index contributed by atoms with van der Waals surface area (Å²) >= 11 is 0. The van der Waals surface area contributed by atoms with Gasteiger partial charge in [-0.3, -0.25) is 0 Å². The number of sulfonamides is 1. The monoisotopic (exact) mass is 354 g/mol. The van der Waals surface area contributed by atoms with E-state index in [4.69, 9.17) is 4.74 Å². The number of hydrogen-bond donors (Lipinski definition) is 1. The van der Waals surface area contributed by atoms with E-state index >= 15 is 0 Å². The zero-order valence-corrected chi connectivity index (χ0v) is 15.0. The molecule has 4 heterocycles. The van der Waals surface area contributed by atoms with E-state index in [9.17, 15) is 8.42 Å². The molecular weight excluding hydrogens is 328 g/mol. The Hall–Kier alpha value is -0.960. The standard InChI is InChI=1S/C16H26N4O3S/c1-24(21,22)20-7-2-14-15(18-12-17-14)16(20)5-8-19(9-6-16)13-3-10-23-11-4-13/h12-13H,2-11H2,1H3,(H,17,18). The first kappa shape index (κ1) is 16.5. The highest BCUT2D eigenvalue weighted by atomic mass is 32.2. The topological polar surface area (TPSA) is 78.5 Å². The molecule has 2 fully saturated rings. The summed E-state index contributed by atoms with van der Waals surface area (Å²) in [5.41, 5.74) is 1.59. The normalized spacial score (nSPS) is 26.5. The Balaban J connectivity index is 1.61. The maximum Gasteiger partial charge on any atom is 0.212 e. The second-order valence-electron chi connectivity index (χ2n) is 7.23. The number of nitrogens with one attached hydrogen (secondary N) is 1. The van der Waals surface area contributed by atoms with Crippen LogP contribution in [0.1, 0.15) is 37.1 Å². The van der Waals surface area contributed by atoms with Crippen LogP contribution in [0.25, 0.3) is 0 Å². The molecule has 0 saturated carbocycles. The van der Waals surface area contributed by atoms with E-state index in [-0.39, 0.29) is 0 Å². The minimum Gasteiger partial charge on any atom is -0.381 e. The van der Waals surface area contributed by atoms with Gasteiger partial charge in [0.25, 0.3) is 0 Å². The van der Waals surface area contributed by atoms with Crippen LogP contribution < -0.4 is 0 Å². The number of hydrogen-bond acceptors (Lipinski definition) is 5. The van der Waals surface area contributed by atoms with Crippen LogP contribution in [0.2, 0.25) is 0 Å². The van der Waals surface area contributed by atoms with Crippen LogP contribution in [0.4, 0.5) is 0 Å². The molecule has 1 spiro atoms. The van der Waals surface area contributed by atoms with E-state index in [2.05, 4.69) is 14.9 Å². The number of nitrogens with zero attached hydrogens (tertiary/aromatic N) is 3. The zero-order valence-electron chi connectivity index (χ0n) is 14.2. The molecule has 4 rings (SSSR count). The fourth-order valence-corrected chi connectivity index (χ4v) is 6.06. The Morgan fingerprint density at radius 2 is 1.96 bits per heavy atom. The molecule has 134 valence electrons. The molecular formula is C16H26N4O3S. The lowest BCUT2D eigenvalue weighted by molar-refractivity contribution is -0.00298. The largest absolute Gasteiger partial charge is 0.381 e. The average molecular weight is 354 g/mol. The fraction of sp³-hybridized carbons (Fsp3) is 0.812. The highest BCUT2D eigenvalue weighted by Gasteiger charge is 2.50. The second kappa shape index (κ2) is 6.09. The minimum atomic E-state index is -3.26. The van der Waals surface area contributed by atoms with Crippen molar-refractivity contribution in [3.8, 4) is 0 Å². The molecule has 0 atom stereocenters. The molecule has 7 nitrogen and oxygen atoms in total. The van der Waals surface area contributed by atoms with E-state index in [0.717, 1.165) is 63.4 Å². The smallest absolute Gasteiger partial charge is 0.212 e. The van der Waals surface area contributed by atoms with Crippen LogP contribution in [0.3, 0.4) is 0 Å². The molecule has 0 bridgehead atoms. The molecule has 3 aliphatic rings. The number of ether oxygens (including phenoxy) is 1. The van der Waals surface area contributed by atoms with Crippen molar-refractivity contribution in [2.45, 2.75) is 43.7 Å². The molecule has 0 unspecified atom stereocenters. The van der Waals surface area contributed by atoms with Crippen molar-refractivity contribution in [2.75, 3.05) is 39.1 Å². The predicted molar refractivity (Wildman–Crippen MR) is 90.2 cm³/mol. The SMILES string of the molecule is CS(=O)(=O)N1CCc2[nH]cnc2C12CCN(C1CCOCC1)CC2. The van der Waals surface area contributed by atoms with E-state index in [0.29, 0.717) is 19.0 Å². The van der Waals surface area contributed by atoms with Crippen LogP contribution in [-0.2, 0) is 26.7 Å². The number of piperidine rings is 1. The number of aromatic nitrogens is 2. The highest BCUT2D eigenvalue weighted by molar-refractivity contribution is 7.88. The summed E-state index contributed by atoms with van der Waals surface area (Å²) in [6, 6.07) is 0.574. The lowest BCUT2D eigenvalue weighted by Gasteiger charge is -2.50. The van der Waals surface area contributed by atoms with Crippen LogP contribution in [-0.4, -0.2) is 72.7 Å². The molecule has 1 N–H and O–H groups in total. The Morgan fingerprint density at radius 3 is 2.62 bits per heavy atom. The molecule has 1 aromatic rings. The van der Waals surface area contributed by atoms with Crippen molar-refractivity contribution in [1.82, 2.24) is 19.2 Å². The van der Waals surface area contributed by atoms with Gasteiger partial charge in [0.05, 0.1) is 23.8 Å². The van der Waals surface area contributed by atoms with Gasteiger partial charge < -0.3 is 14.6 Å². The summed E-state index contributed by atoms with van der Waals surface area (Å²) < 4.78 is 32.0. The van der Waals surface area contributed by atoms with Crippen molar-refractivity contribution in [3.63, 3.8) is 0 Å². The third-order valence-electron chi connectivity index (χ3n) is 5.93. The summed E-state index contributed by atoms with van der Waals surface area (Å²) in [6.45, 7) is 4.06. The van der Waals surface area contributed by atoms with Crippen LogP contribution >= 0.6 is 0 Å². The molecule has 1 aromatic heterocycles. The maximum absolute atomic E-state index is 12.4. The summed E-state index contributed by atoms with van der Waals surface area (Å²) in [6.07, 6.45) is 7.55. The van der Waals surface area contributed by atoms with Gasteiger partial charge in [-0.25, -0.2) is 13.4 Å². The quantitative estimate of drug-likeness (QED) is 0.846. The first-order chi connectivity index (χ1) is 11.5. The van der Waals surface area contributed by atoms with Gasteiger partial charge >= 0.3 is 0 Å². The maximum atomic E-state index is 12.4. The lowest BCUT2D eigenvalue weighted by atomic mass is 9.80. The highest BCUT2D eigenvalue weighted by Crippen LogP contribution is 2.44. The van der Waals surface area contributed by atoms with Gasteiger partial charge in [-0.05, 0) is 25.7 Å². The first-order valence-corrected chi connectivity index (χ1v) is 10.7. The van der Waals surface area contributed by atoms with Crippen molar-refractivity contribution >= 4 is 10.0 Å². The molecule has 0 amide bonds. The van der Waals surface area contributed by atoms with E-state index in [1.807, 2.05) is 0 Å². The van der Waals surface area contributed by atoms with Gasteiger partial charge in [-0.2, -0.15) is 4.31 Å². The molecule has 8 heteroatoms. The summed E-state index contributed by atoms with van der Waals surface area (Å²) in [5.74, 6) is 0. The van der Waals surface area contributed by atoms with Crippen LogP contribution in [0.5, 0.6) is 0 Å². The molecule has 3 aliphatic heterocycles. The van der Waals surface area contributed by atoms with E-state index < -0.39 is 15.6 Å². The van der Waals surface area contributed by atoms with Gasteiger partial charge in [0, 0.05) is 51.0 Å². The number of imidazole rings is 1. The van der Waals surface area contributed by atoms with E-state index in [1.54, 1.807) is 10.6 Å². The number of fused-ring (bicyclic) bond motifs is 2. The van der Waals surface area contributed by atoms with Gasteiger partial charge in [0.1, 0.15) is 0 Å². The van der Waals surface area contributed by atoms with Gasteiger partial charge in [-0.1, -0.05) is 0 Å². The number of rotatable bonds is 2. The number of likely N-dealkylation sites (tertiary alicyclic amines) is 1. The Labute approximate surface area is 143 Å². The lowest BCUT2D eigenvalue weighted by Crippen LogP contribution is -2.59. The van der Waals surface area contributed by atoms with Crippen LogP contribution in [0, 0.1) is 0 Å². The van der Waals surface area contributed by atoms with Crippen LogP contribution in [0.15, 0.2) is 6.33 Å². The number of aromatic amines is 1. The molecule has 0 aliphatic carbocycles. The van der Waals surface area contributed by atoms with Crippen molar-refractivity contribution < 1.29 is 13.2 Å². The van der Waals surface area contributed by atoms with Gasteiger partial charge in [-0.15, -0.1) is 0 Å². The van der Waals surface area contributed by atoms with Crippen molar-refractivity contribution in [2.24, 2.45) is 0 Å². The minimum absolute atomic E-state index is 0.469. The molecule has 0 radical (unpaired) electrons. The van der Waals surface area contributed by atoms with E-state index in [1.165, 1.54) is 6.26 Å². The Kier molecular flexibility index (Phi) is 4.19. The molecule has 0 aromatic carbocycles. The Morgan fingerprint density at radius 1 is 1.25 bits per heavy atom.